The summed E-state index contributed by atoms with van der Waals surface area (Å²) in [5.74, 6) is -2.28. The van der Waals surface area contributed by atoms with Crippen molar-refractivity contribution in [2.24, 2.45) is 5.92 Å². The summed E-state index contributed by atoms with van der Waals surface area (Å²) in [5.41, 5.74) is 2.38. The van der Waals surface area contributed by atoms with Gasteiger partial charge < -0.3 is 21.1 Å². The Morgan fingerprint density at radius 2 is 1.57 bits per heavy atom. The van der Waals surface area contributed by atoms with Gasteiger partial charge in [0.05, 0.1) is 11.6 Å². The molecule has 7 nitrogen and oxygen atoms in total. The van der Waals surface area contributed by atoms with Gasteiger partial charge in [-0.3, -0.25) is 0 Å². The Bertz CT molecular complexity index is 1160. The van der Waals surface area contributed by atoms with Crippen LogP contribution in [0.15, 0.2) is 48.5 Å². The molecule has 0 radical (unpaired) electrons. The summed E-state index contributed by atoms with van der Waals surface area (Å²) in [7, 11) is 0. The van der Waals surface area contributed by atoms with Crippen LogP contribution in [-0.2, 0) is 11.2 Å². The molecule has 1 unspecified atom stereocenters. The average molecular weight is 563 g/mol. The number of rotatable bonds is 6. The van der Waals surface area contributed by atoms with Crippen molar-refractivity contribution in [2.75, 3.05) is 5.32 Å². The molecule has 4 N–H and O–H groups in total. The smallest absolute Gasteiger partial charge is 0.475 e. The number of aliphatic carboxylic acids is 1. The molecule has 0 bridgehead atoms. The van der Waals surface area contributed by atoms with Crippen molar-refractivity contribution in [3.63, 3.8) is 0 Å². The molecule has 0 spiro atoms. The first-order valence-corrected chi connectivity index (χ1v) is 13.4. The van der Waals surface area contributed by atoms with Gasteiger partial charge in [-0.15, -0.1) is 0 Å². The zero-order chi connectivity index (χ0) is 29.1. The molecule has 216 valence electrons. The van der Waals surface area contributed by atoms with Gasteiger partial charge in [-0.25, -0.2) is 14.0 Å². The highest BCUT2D eigenvalue weighted by atomic mass is 19.4. The van der Waals surface area contributed by atoms with E-state index in [2.05, 4.69) is 22.0 Å². The predicted octanol–water partition coefficient (Wildman–Crippen LogP) is 6.15. The van der Waals surface area contributed by atoms with Crippen molar-refractivity contribution in [1.82, 2.24) is 10.6 Å². The third-order valence-electron chi connectivity index (χ3n) is 7.31. The van der Waals surface area contributed by atoms with E-state index in [0.717, 1.165) is 38.5 Å². The number of hydrogen-bond donors (Lipinski definition) is 4. The largest absolute Gasteiger partial charge is 0.490 e. The van der Waals surface area contributed by atoms with E-state index >= 15 is 0 Å². The molecule has 4 rings (SSSR count). The van der Waals surface area contributed by atoms with Gasteiger partial charge in [0.2, 0.25) is 0 Å². The standard InChI is InChI=1S/C27H33FN4O.C2HF3O2/c28-22-12-8-19(9-13-22)16-20-10-14-23(15-11-20)30-25-6-1-2-7-26(25)32-27(33)31-24-5-3-4-21(17-24)18-29;3-2(4,5)1(6)7/h3-5,8-9,12-13,17,20,23,25-26,30H,1-2,6-7,10-11,14-16H2,(H2,31,32,33);(H,6,7)/t20?,23?,25-,26?;/m1./s1. The second-order valence-electron chi connectivity index (χ2n) is 10.3. The monoisotopic (exact) mass is 562 g/mol. The van der Waals surface area contributed by atoms with Crippen molar-refractivity contribution in [3.8, 4) is 6.07 Å². The van der Waals surface area contributed by atoms with Crippen molar-refractivity contribution >= 4 is 17.7 Å². The third-order valence-corrected chi connectivity index (χ3v) is 7.31. The fraction of sp³-hybridized carbons (Fsp3) is 0.483. The molecule has 2 aromatic rings. The molecule has 2 atom stereocenters. The third kappa shape index (κ3) is 10.2. The average Bonchev–Trinajstić information content (AvgIpc) is 2.92. The SMILES string of the molecule is N#Cc1cccc(NC(=O)NC2CCCC[C@H]2NC2CCC(Cc3ccc(F)cc3)CC2)c1.O=C(O)C(F)(F)F. The summed E-state index contributed by atoms with van der Waals surface area (Å²) >= 11 is 0. The fourth-order valence-corrected chi connectivity index (χ4v) is 5.29. The number of amides is 2. The van der Waals surface area contributed by atoms with Crippen LogP contribution in [0.3, 0.4) is 0 Å². The first-order valence-electron chi connectivity index (χ1n) is 13.4. The van der Waals surface area contributed by atoms with E-state index in [1.165, 1.54) is 24.8 Å². The summed E-state index contributed by atoms with van der Waals surface area (Å²) in [6, 6.07) is 16.6. The molecule has 40 heavy (non-hydrogen) atoms. The van der Waals surface area contributed by atoms with Crippen LogP contribution in [0.4, 0.5) is 28.0 Å². The second kappa shape index (κ2) is 14.7. The number of carboxylic acid groups (broad SMARTS) is 1. The number of nitrogens with one attached hydrogen (secondary N) is 3. The number of anilines is 1. The first-order chi connectivity index (χ1) is 19.0. The predicted molar refractivity (Wildman–Crippen MR) is 142 cm³/mol. The topological polar surface area (TPSA) is 114 Å². The number of carboxylic acids is 1. The summed E-state index contributed by atoms with van der Waals surface area (Å²) in [5, 5.41) is 26.1. The molecular weight excluding hydrogens is 528 g/mol. The second-order valence-corrected chi connectivity index (χ2v) is 10.3. The van der Waals surface area contributed by atoms with Crippen LogP contribution in [-0.4, -0.2) is 41.4 Å². The molecule has 2 aromatic carbocycles. The normalized spacial score (nSPS) is 22.7. The van der Waals surface area contributed by atoms with E-state index < -0.39 is 12.1 Å². The van der Waals surface area contributed by atoms with Crippen LogP contribution in [0.2, 0.25) is 0 Å². The van der Waals surface area contributed by atoms with E-state index in [1.807, 2.05) is 12.1 Å². The van der Waals surface area contributed by atoms with Gasteiger partial charge in [0.15, 0.2) is 0 Å². The molecule has 0 aromatic heterocycles. The zero-order valence-electron chi connectivity index (χ0n) is 22.0. The van der Waals surface area contributed by atoms with Crippen molar-refractivity contribution in [2.45, 2.75) is 82.1 Å². The van der Waals surface area contributed by atoms with Gasteiger partial charge in [-0.2, -0.15) is 18.4 Å². The fourth-order valence-electron chi connectivity index (χ4n) is 5.29. The number of benzene rings is 2. The number of urea groups is 1. The van der Waals surface area contributed by atoms with Crippen molar-refractivity contribution in [3.05, 3.63) is 65.5 Å². The molecule has 2 saturated carbocycles. The van der Waals surface area contributed by atoms with E-state index in [4.69, 9.17) is 15.2 Å². The van der Waals surface area contributed by atoms with E-state index in [-0.39, 0.29) is 23.9 Å². The van der Waals surface area contributed by atoms with Crippen molar-refractivity contribution in [1.29, 1.82) is 5.26 Å². The van der Waals surface area contributed by atoms with E-state index in [9.17, 15) is 22.4 Å². The Kier molecular flexibility index (Phi) is 11.3. The summed E-state index contributed by atoms with van der Waals surface area (Å²) in [4.78, 5) is 21.5. The maximum absolute atomic E-state index is 13.1. The number of nitriles is 1. The van der Waals surface area contributed by atoms with Crippen LogP contribution < -0.4 is 16.0 Å². The van der Waals surface area contributed by atoms with Gasteiger partial charge in [-0.1, -0.05) is 31.0 Å². The Hall–Kier alpha value is -3.65. The Labute approximate surface area is 231 Å². The minimum Gasteiger partial charge on any atom is -0.475 e. The van der Waals surface area contributed by atoms with Crippen LogP contribution in [0.1, 0.15) is 62.5 Å². The molecule has 2 aliphatic rings. The van der Waals surface area contributed by atoms with E-state index in [1.54, 1.807) is 36.4 Å². The Morgan fingerprint density at radius 1 is 0.950 bits per heavy atom. The molecule has 0 saturated heterocycles. The van der Waals surface area contributed by atoms with Crippen LogP contribution >= 0.6 is 0 Å². The number of nitrogens with zero attached hydrogens (tertiary/aromatic N) is 1. The lowest BCUT2D eigenvalue weighted by atomic mass is 9.81. The number of alkyl halides is 3. The quantitative estimate of drug-likeness (QED) is 0.315. The van der Waals surface area contributed by atoms with Crippen LogP contribution in [0, 0.1) is 23.1 Å². The number of carbonyl (C=O) groups is 2. The molecule has 2 amide bonds. The molecule has 0 aliphatic heterocycles. The number of halogens is 4. The Balaban J connectivity index is 0.000000559. The van der Waals surface area contributed by atoms with Crippen LogP contribution in [0.5, 0.6) is 0 Å². The Morgan fingerprint density at radius 3 is 2.17 bits per heavy atom. The molecule has 0 heterocycles. The lowest BCUT2D eigenvalue weighted by Gasteiger charge is -2.38. The molecule has 11 heteroatoms. The van der Waals surface area contributed by atoms with E-state index in [0.29, 0.717) is 23.2 Å². The number of carbonyl (C=O) groups excluding carboxylic acids is 1. The van der Waals surface area contributed by atoms with Gasteiger partial charge >= 0.3 is 18.2 Å². The molecular formula is C29H34F4N4O3. The van der Waals surface area contributed by atoms with Crippen molar-refractivity contribution < 1.29 is 32.3 Å². The van der Waals surface area contributed by atoms with Gasteiger partial charge in [0.25, 0.3) is 0 Å². The highest BCUT2D eigenvalue weighted by molar-refractivity contribution is 5.89. The van der Waals surface area contributed by atoms with Gasteiger partial charge in [-0.05, 0) is 86.8 Å². The van der Waals surface area contributed by atoms with Crippen LogP contribution in [0.25, 0.3) is 0 Å². The highest BCUT2D eigenvalue weighted by Gasteiger charge is 2.38. The minimum atomic E-state index is -5.08. The zero-order valence-corrected chi connectivity index (χ0v) is 22.0. The lowest BCUT2D eigenvalue weighted by molar-refractivity contribution is -0.192. The summed E-state index contributed by atoms with van der Waals surface area (Å²) < 4.78 is 44.9. The molecule has 2 fully saturated rings. The van der Waals surface area contributed by atoms with Gasteiger partial charge in [0.1, 0.15) is 5.82 Å². The summed E-state index contributed by atoms with van der Waals surface area (Å²) in [6.45, 7) is 0. The minimum absolute atomic E-state index is 0.106. The van der Waals surface area contributed by atoms with Gasteiger partial charge in [0, 0.05) is 23.8 Å². The number of hydrogen-bond acceptors (Lipinski definition) is 4. The first kappa shape index (κ1) is 30.9. The maximum atomic E-state index is 13.1. The molecule has 2 aliphatic carbocycles. The highest BCUT2D eigenvalue weighted by Crippen LogP contribution is 2.29. The lowest BCUT2D eigenvalue weighted by Crippen LogP contribution is -2.55. The maximum Gasteiger partial charge on any atom is 0.490 e. The summed E-state index contributed by atoms with van der Waals surface area (Å²) in [6.07, 6.45) is 4.93.